The van der Waals surface area contributed by atoms with E-state index in [1.165, 1.54) is 14.2 Å². The Morgan fingerprint density at radius 2 is 1.58 bits per heavy atom. The maximum Gasteiger partial charge on any atom is 0.282 e. The lowest BCUT2D eigenvalue weighted by Gasteiger charge is -2.19. The van der Waals surface area contributed by atoms with Gasteiger partial charge < -0.3 is 14.8 Å². The first-order chi connectivity index (χ1) is 15.9. The van der Waals surface area contributed by atoms with Crippen molar-refractivity contribution in [2.24, 2.45) is 0 Å². The van der Waals surface area contributed by atoms with Crippen LogP contribution in [0.2, 0.25) is 5.02 Å². The maximum absolute atomic E-state index is 13.8. The number of imide groups is 1. The minimum atomic E-state index is -0.496. The lowest BCUT2D eigenvalue weighted by molar-refractivity contribution is -0.120. The number of methoxy groups -OCH3 is 2. The molecule has 0 saturated carbocycles. The largest absolute Gasteiger partial charge is 0.496 e. The van der Waals surface area contributed by atoms with E-state index >= 15 is 0 Å². The van der Waals surface area contributed by atoms with Crippen LogP contribution >= 0.6 is 11.6 Å². The van der Waals surface area contributed by atoms with Crippen LogP contribution in [0, 0.1) is 13.8 Å². The van der Waals surface area contributed by atoms with Crippen molar-refractivity contribution in [3.8, 4) is 11.5 Å². The maximum atomic E-state index is 13.8. The zero-order valence-electron chi connectivity index (χ0n) is 18.7. The molecule has 0 spiro atoms. The van der Waals surface area contributed by atoms with E-state index in [4.69, 9.17) is 21.1 Å². The van der Waals surface area contributed by atoms with Crippen molar-refractivity contribution in [1.82, 2.24) is 0 Å². The topological polar surface area (TPSA) is 67.9 Å². The van der Waals surface area contributed by atoms with Crippen molar-refractivity contribution in [1.29, 1.82) is 0 Å². The van der Waals surface area contributed by atoms with Crippen LogP contribution in [0.1, 0.15) is 16.7 Å². The molecule has 0 bridgehead atoms. The Bertz CT molecular complexity index is 1300. The molecule has 0 saturated heterocycles. The number of hydrogen-bond acceptors (Lipinski definition) is 5. The van der Waals surface area contributed by atoms with E-state index in [0.29, 0.717) is 33.5 Å². The second kappa shape index (κ2) is 9.00. The first-order valence-electron chi connectivity index (χ1n) is 10.3. The summed E-state index contributed by atoms with van der Waals surface area (Å²) in [7, 11) is 3.03. The SMILES string of the molecule is COc1ccccc1C1=C(Nc2cccc(Cl)c2C)C(=O)N(c2cc(C)ccc2OC)C1=O. The number of carbonyl (C=O) groups excluding carboxylic acids is 2. The fourth-order valence-corrected chi connectivity index (χ4v) is 3.99. The Balaban J connectivity index is 1.92. The Morgan fingerprint density at radius 3 is 2.30 bits per heavy atom. The number of rotatable bonds is 6. The van der Waals surface area contributed by atoms with Crippen LogP contribution in [0.4, 0.5) is 11.4 Å². The number of carbonyl (C=O) groups is 2. The van der Waals surface area contributed by atoms with E-state index in [1.807, 2.05) is 26.0 Å². The van der Waals surface area contributed by atoms with Gasteiger partial charge in [0.2, 0.25) is 0 Å². The number of hydrogen-bond donors (Lipinski definition) is 1. The number of anilines is 2. The van der Waals surface area contributed by atoms with Gasteiger partial charge in [0.1, 0.15) is 17.2 Å². The molecule has 33 heavy (non-hydrogen) atoms. The van der Waals surface area contributed by atoms with Crippen molar-refractivity contribution in [2.75, 3.05) is 24.4 Å². The van der Waals surface area contributed by atoms with E-state index in [-0.39, 0.29) is 11.3 Å². The third-order valence-corrected chi connectivity index (χ3v) is 5.97. The highest BCUT2D eigenvalue weighted by molar-refractivity contribution is 6.46. The van der Waals surface area contributed by atoms with E-state index < -0.39 is 11.8 Å². The van der Waals surface area contributed by atoms with Gasteiger partial charge >= 0.3 is 0 Å². The molecule has 1 aliphatic rings. The van der Waals surface area contributed by atoms with Crippen molar-refractivity contribution < 1.29 is 19.1 Å². The molecule has 6 nitrogen and oxygen atoms in total. The van der Waals surface area contributed by atoms with Crippen LogP contribution in [0.25, 0.3) is 5.57 Å². The molecule has 1 aliphatic heterocycles. The highest BCUT2D eigenvalue weighted by Crippen LogP contribution is 2.41. The number of halogens is 1. The summed E-state index contributed by atoms with van der Waals surface area (Å²) < 4.78 is 11.0. The zero-order valence-corrected chi connectivity index (χ0v) is 19.5. The Labute approximate surface area is 197 Å². The molecule has 3 aromatic carbocycles. The molecule has 7 heteroatoms. The minimum absolute atomic E-state index is 0.137. The van der Waals surface area contributed by atoms with E-state index in [1.54, 1.807) is 48.5 Å². The molecule has 2 amide bonds. The van der Waals surface area contributed by atoms with Gasteiger partial charge in [-0.25, -0.2) is 4.90 Å². The predicted molar refractivity (Wildman–Crippen MR) is 130 cm³/mol. The summed E-state index contributed by atoms with van der Waals surface area (Å²) in [6.07, 6.45) is 0. The van der Waals surface area contributed by atoms with Crippen LogP contribution in [-0.4, -0.2) is 26.0 Å². The van der Waals surface area contributed by atoms with Crippen molar-refractivity contribution >= 4 is 40.4 Å². The van der Waals surface area contributed by atoms with Gasteiger partial charge in [-0.15, -0.1) is 0 Å². The summed E-state index contributed by atoms with van der Waals surface area (Å²) in [5.74, 6) is -0.0737. The van der Waals surface area contributed by atoms with Crippen LogP contribution < -0.4 is 19.7 Å². The molecule has 0 unspecified atom stereocenters. The summed E-state index contributed by atoms with van der Waals surface area (Å²) in [4.78, 5) is 28.7. The summed E-state index contributed by atoms with van der Waals surface area (Å²) in [5.41, 5.74) is 3.51. The van der Waals surface area contributed by atoms with Crippen molar-refractivity contribution in [2.45, 2.75) is 13.8 Å². The van der Waals surface area contributed by atoms with Gasteiger partial charge in [0.15, 0.2) is 0 Å². The molecular formula is C26H23ClN2O4. The van der Waals surface area contributed by atoms with Gasteiger partial charge in [-0.2, -0.15) is 0 Å². The number of nitrogens with one attached hydrogen (secondary N) is 1. The smallest absolute Gasteiger partial charge is 0.282 e. The van der Waals surface area contributed by atoms with Gasteiger partial charge in [-0.05, 0) is 55.3 Å². The molecule has 1 N–H and O–H groups in total. The monoisotopic (exact) mass is 462 g/mol. The summed E-state index contributed by atoms with van der Waals surface area (Å²) in [6, 6.07) is 17.8. The normalized spacial score (nSPS) is 13.5. The van der Waals surface area contributed by atoms with E-state index in [0.717, 1.165) is 16.0 Å². The van der Waals surface area contributed by atoms with Crippen LogP contribution in [-0.2, 0) is 9.59 Å². The molecule has 3 aromatic rings. The quantitative estimate of drug-likeness (QED) is 0.499. The summed E-state index contributed by atoms with van der Waals surface area (Å²) in [6.45, 7) is 3.73. The van der Waals surface area contributed by atoms with Crippen LogP contribution in [0.3, 0.4) is 0 Å². The van der Waals surface area contributed by atoms with Gasteiger partial charge in [-0.1, -0.05) is 41.9 Å². The number of benzene rings is 3. The average Bonchev–Trinajstić information content (AvgIpc) is 3.05. The number of nitrogens with zero attached hydrogens (tertiary/aromatic N) is 1. The molecule has 1 heterocycles. The third-order valence-electron chi connectivity index (χ3n) is 5.56. The Hall–Kier alpha value is -3.77. The number of para-hydroxylation sites is 1. The first kappa shape index (κ1) is 22.4. The molecule has 0 aliphatic carbocycles. The number of aryl methyl sites for hydroxylation is 1. The highest BCUT2D eigenvalue weighted by atomic mass is 35.5. The van der Waals surface area contributed by atoms with Crippen LogP contribution in [0.15, 0.2) is 66.4 Å². The second-order valence-corrected chi connectivity index (χ2v) is 8.02. The van der Waals surface area contributed by atoms with Gasteiger partial charge in [0, 0.05) is 16.3 Å². The fraction of sp³-hybridized carbons (Fsp3) is 0.154. The second-order valence-electron chi connectivity index (χ2n) is 7.61. The number of ether oxygens (including phenoxy) is 2. The lowest BCUT2D eigenvalue weighted by atomic mass is 10.0. The first-order valence-corrected chi connectivity index (χ1v) is 10.7. The van der Waals surface area contributed by atoms with Crippen LogP contribution in [0.5, 0.6) is 11.5 Å². The Kier molecular flexibility index (Phi) is 6.11. The summed E-state index contributed by atoms with van der Waals surface area (Å²) >= 11 is 6.29. The zero-order chi connectivity index (χ0) is 23.7. The highest BCUT2D eigenvalue weighted by Gasteiger charge is 2.42. The van der Waals surface area contributed by atoms with Gasteiger partial charge in [0.25, 0.3) is 11.8 Å². The molecule has 4 rings (SSSR count). The average molecular weight is 463 g/mol. The standard InChI is InChI=1S/C26H23ClN2O4/c1-15-12-13-22(33-4)20(14-15)29-25(30)23(17-8-5-6-11-21(17)32-3)24(26(29)31)28-19-10-7-9-18(27)16(19)2/h5-14,28H,1-4H3. The minimum Gasteiger partial charge on any atom is -0.496 e. The van der Waals surface area contributed by atoms with Gasteiger partial charge in [-0.3, -0.25) is 9.59 Å². The van der Waals surface area contributed by atoms with Gasteiger partial charge in [0.05, 0.1) is 25.5 Å². The summed E-state index contributed by atoms with van der Waals surface area (Å²) in [5, 5.41) is 3.72. The Morgan fingerprint density at radius 1 is 0.848 bits per heavy atom. The van der Waals surface area contributed by atoms with Crippen molar-refractivity contribution in [3.63, 3.8) is 0 Å². The molecule has 168 valence electrons. The predicted octanol–water partition coefficient (Wildman–Crippen LogP) is 5.37. The van der Waals surface area contributed by atoms with E-state index in [2.05, 4.69) is 5.32 Å². The molecule has 0 radical (unpaired) electrons. The number of amides is 2. The molecule has 0 atom stereocenters. The fourth-order valence-electron chi connectivity index (χ4n) is 3.82. The third kappa shape index (κ3) is 3.94. The molecular weight excluding hydrogens is 440 g/mol. The molecule has 0 aromatic heterocycles. The van der Waals surface area contributed by atoms with E-state index in [9.17, 15) is 9.59 Å². The lowest BCUT2D eigenvalue weighted by Crippen LogP contribution is -2.32. The van der Waals surface area contributed by atoms with Crippen molar-refractivity contribution in [3.05, 3.63) is 88.1 Å². The molecule has 0 fully saturated rings.